The van der Waals surface area contributed by atoms with Crippen LogP contribution in [-0.2, 0) is 28.1 Å². The molecule has 0 spiro atoms. The molecule has 1 aliphatic rings. The van der Waals surface area contributed by atoms with Crippen LogP contribution in [0.15, 0.2) is 24.5 Å². The van der Waals surface area contributed by atoms with Gasteiger partial charge in [-0.15, -0.1) is 5.10 Å². The van der Waals surface area contributed by atoms with Gasteiger partial charge in [0.05, 0.1) is 5.69 Å². The minimum Gasteiger partial charge on any atom is -0.475 e. The first-order valence-corrected chi connectivity index (χ1v) is 11.7. The molecule has 2 aromatic rings. The highest BCUT2D eigenvalue weighted by atomic mass is 19.4. The lowest BCUT2D eigenvalue weighted by molar-refractivity contribution is -0.193. The van der Waals surface area contributed by atoms with E-state index in [1.165, 1.54) is 18.4 Å². The number of anilines is 1. The van der Waals surface area contributed by atoms with Crippen LogP contribution in [0.5, 0.6) is 0 Å². The molecule has 0 amide bonds. The molecule has 0 unspecified atom stereocenters. The van der Waals surface area contributed by atoms with Crippen molar-refractivity contribution in [2.45, 2.75) is 64.5 Å². The molecule has 0 aromatic carbocycles. The highest BCUT2D eigenvalue weighted by Gasteiger charge is 2.38. The van der Waals surface area contributed by atoms with Crippen molar-refractivity contribution in [3.63, 3.8) is 0 Å². The molecule has 3 rings (SSSR count). The summed E-state index contributed by atoms with van der Waals surface area (Å²) in [5.41, 5.74) is 2.41. The zero-order valence-electron chi connectivity index (χ0n) is 21.8. The number of nitrogens with one attached hydrogen (secondary N) is 1. The summed E-state index contributed by atoms with van der Waals surface area (Å²) >= 11 is 0. The van der Waals surface area contributed by atoms with Gasteiger partial charge in [-0.05, 0) is 37.9 Å². The molecule has 39 heavy (non-hydrogen) atoms. The fourth-order valence-electron chi connectivity index (χ4n) is 3.36. The van der Waals surface area contributed by atoms with Gasteiger partial charge in [-0.1, -0.05) is 32.1 Å². The van der Waals surface area contributed by atoms with E-state index in [-0.39, 0.29) is 5.41 Å². The predicted molar refractivity (Wildman–Crippen MR) is 128 cm³/mol. The lowest BCUT2D eigenvalue weighted by Gasteiger charge is -2.32. The largest absolute Gasteiger partial charge is 0.490 e. The number of hydrogen-bond acceptors (Lipinski definition) is 7. The third-order valence-corrected chi connectivity index (χ3v) is 5.47. The van der Waals surface area contributed by atoms with E-state index in [4.69, 9.17) is 19.8 Å². The van der Waals surface area contributed by atoms with Crippen LogP contribution in [-0.4, -0.2) is 79.5 Å². The van der Waals surface area contributed by atoms with Crippen molar-refractivity contribution in [2.75, 3.05) is 25.5 Å². The van der Waals surface area contributed by atoms with E-state index in [1.807, 2.05) is 24.0 Å². The Labute approximate surface area is 221 Å². The van der Waals surface area contributed by atoms with Crippen molar-refractivity contribution in [3.8, 4) is 0 Å². The summed E-state index contributed by atoms with van der Waals surface area (Å²) in [5, 5.41) is 26.1. The first-order valence-electron chi connectivity index (χ1n) is 11.7. The molecular weight excluding hydrogens is 538 g/mol. The van der Waals surface area contributed by atoms with Crippen LogP contribution in [0.1, 0.15) is 44.9 Å². The van der Waals surface area contributed by atoms with E-state index in [2.05, 4.69) is 58.5 Å². The molecule has 0 radical (unpaired) electrons. The molecule has 1 aliphatic heterocycles. The summed E-state index contributed by atoms with van der Waals surface area (Å²) < 4.78 is 65.5. The van der Waals surface area contributed by atoms with Crippen LogP contribution < -0.4 is 5.32 Å². The maximum absolute atomic E-state index is 10.6. The molecule has 220 valence electrons. The first-order chi connectivity index (χ1) is 17.8. The number of nitrogens with zero attached hydrogens (tertiary/aromatic N) is 5. The number of halogens is 6. The number of carboxylic acids is 2. The van der Waals surface area contributed by atoms with Gasteiger partial charge in [0.15, 0.2) is 0 Å². The third-order valence-electron chi connectivity index (χ3n) is 5.47. The molecule has 0 saturated carbocycles. The number of aliphatic carboxylic acids is 2. The van der Waals surface area contributed by atoms with Gasteiger partial charge in [0.2, 0.25) is 0 Å². The Hall–Kier alpha value is -3.43. The number of aromatic nitrogens is 4. The van der Waals surface area contributed by atoms with Crippen molar-refractivity contribution in [1.29, 1.82) is 0 Å². The molecule has 0 bridgehead atoms. The van der Waals surface area contributed by atoms with Crippen LogP contribution in [0.3, 0.4) is 0 Å². The minimum absolute atomic E-state index is 0.0658. The number of hydrogen-bond donors (Lipinski definition) is 3. The van der Waals surface area contributed by atoms with Gasteiger partial charge in [-0.25, -0.2) is 14.6 Å². The molecule has 1 saturated heterocycles. The average molecular weight is 571 g/mol. The Morgan fingerprint density at radius 2 is 1.54 bits per heavy atom. The molecule has 2 aromatic heterocycles. The summed E-state index contributed by atoms with van der Waals surface area (Å²) in [4.78, 5) is 24.7. The summed E-state index contributed by atoms with van der Waals surface area (Å²) in [6.45, 7) is 10.7. The van der Waals surface area contributed by atoms with Gasteiger partial charge in [0.25, 0.3) is 0 Å². The molecule has 16 heteroatoms. The quantitative estimate of drug-likeness (QED) is 0.453. The smallest absolute Gasteiger partial charge is 0.475 e. The number of carbonyl (C=O) groups is 2. The van der Waals surface area contributed by atoms with Gasteiger partial charge in [0, 0.05) is 43.5 Å². The van der Waals surface area contributed by atoms with Gasteiger partial charge >= 0.3 is 24.3 Å². The average Bonchev–Trinajstić information content (AvgIpc) is 3.29. The Kier molecular flexibility index (Phi) is 12.1. The van der Waals surface area contributed by atoms with Crippen molar-refractivity contribution in [1.82, 2.24) is 24.9 Å². The molecule has 10 nitrogen and oxygen atoms in total. The van der Waals surface area contributed by atoms with Gasteiger partial charge in [-0.2, -0.15) is 26.3 Å². The van der Waals surface area contributed by atoms with Crippen molar-refractivity contribution in [3.05, 3.63) is 35.8 Å². The van der Waals surface area contributed by atoms with E-state index in [9.17, 15) is 26.3 Å². The highest BCUT2D eigenvalue weighted by Crippen LogP contribution is 2.24. The number of carboxylic acid groups (broad SMARTS) is 2. The Bertz CT molecular complexity index is 1040. The third kappa shape index (κ3) is 12.3. The maximum Gasteiger partial charge on any atom is 0.490 e. The predicted octanol–water partition coefficient (Wildman–Crippen LogP) is 4.19. The van der Waals surface area contributed by atoms with Crippen molar-refractivity contribution in [2.24, 2.45) is 5.92 Å². The topological polar surface area (TPSA) is 133 Å². The second kappa shape index (κ2) is 14.1. The summed E-state index contributed by atoms with van der Waals surface area (Å²) in [6, 6.07) is 4.18. The summed E-state index contributed by atoms with van der Waals surface area (Å²) in [5.74, 6) is -3.84. The SMILES string of the molecule is CNc1ncccc1CN1CCC(Cn2cc(C(C)(C)C)nn2)CC1.O=C(O)C(F)(F)F.O=C(O)C(F)(F)F. The summed E-state index contributed by atoms with van der Waals surface area (Å²) in [7, 11) is 1.93. The second-order valence-corrected chi connectivity index (χ2v) is 9.66. The molecular formula is C23H32F6N6O4. The highest BCUT2D eigenvalue weighted by molar-refractivity contribution is 5.73. The van der Waals surface area contributed by atoms with E-state index in [0.29, 0.717) is 5.92 Å². The zero-order valence-corrected chi connectivity index (χ0v) is 21.8. The normalized spacial score (nSPS) is 14.9. The van der Waals surface area contributed by atoms with Gasteiger partial charge in [-0.3, -0.25) is 9.58 Å². The number of rotatable bonds is 5. The Morgan fingerprint density at radius 1 is 1.03 bits per heavy atom. The van der Waals surface area contributed by atoms with E-state index >= 15 is 0 Å². The lowest BCUT2D eigenvalue weighted by atomic mass is 9.93. The zero-order chi connectivity index (χ0) is 30.0. The summed E-state index contributed by atoms with van der Waals surface area (Å²) in [6.07, 6.45) is -3.80. The number of likely N-dealkylation sites (tertiary alicyclic amines) is 1. The van der Waals surface area contributed by atoms with Crippen LogP contribution in [0.2, 0.25) is 0 Å². The Balaban J connectivity index is 0.000000449. The molecule has 3 N–H and O–H groups in total. The molecule has 0 aliphatic carbocycles. The number of alkyl halides is 6. The standard InChI is InChI=1S/C19H30N6.2C2HF3O2/c1-19(2,3)17-14-25(23-22-17)12-15-7-10-24(11-8-15)13-16-6-5-9-21-18(16)20-4;2*3-2(4,5)1(6)7/h5-6,9,14-15H,7-8,10-13H2,1-4H3,(H,20,21);2*(H,6,7). The van der Waals surface area contributed by atoms with Crippen LogP contribution in [0.4, 0.5) is 32.2 Å². The molecule has 3 heterocycles. The number of piperidine rings is 1. The van der Waals surface area contributed by atoms with E-state index < -0.39 is 24.3 Å². The number of pyridine rings is 1. The molecule has 1 fully saturated rings. The van der Waals surface area contributed by atoms with Crippen molar-refractivity contribution >= 4 is 17.8 Å². The van der Waals surface area contributed by atoms with Crippen LogP contribution >= 0.6 is 0 Å². The van der Waals surface area contributed by atoms with Gasteiger partial charge < -0.3 is 15.5 Å². The van der Waals surface area contributed by atoms with Gasteiger partial charge in [0.1, 0.15) is 5.82 Å². The lowest BCUT2D eigenvalue weighted by Crippen LogP contribution is -2.34. The van der Waals surface area contributed by atoms with Crippen molar-refractivity contribution < 1.29 is 46.1 Å². The maximum atomic E-state index is 10.6. The monoisotopic (exact) mass is 570 g/mol. The van der Waals surface area contributed by atoms with Crippen LogP contribution in [0.25, 0.3) is 0 Å². The minimum atomic E-state index is -5.08. The van der Waals surface area contributed by atoms with E-state index in [0.717, 1.165) is 37.7 Å². The second-order valence-electron chi connectivity index (χ2n) is 9.66. The fourth-order valence-corrected chi connectivity index (χ4v) is 3.36. The van der Waals surface area contributed by atoms with E-state index in [1.54, 1.807) is 0 Å². The molecule has 0 atom stereocenters. The fraction of sp³-hybridized carbons (Fsp3) is 0.609. The Morgan fingerprint density at radius 3 is 1.95 bits per heavy atom. The first kappa shape index (κ1) is 33.6. The van der Waals surface area contributed by atoms with Crippen LogP contribution in [0, 0.1) is 5.92 Å².